The number of nitrogens with two attached hydrogens (primary N) is 1. The SMILES string of the molecule is NC1CN(c2nccc(-c3ccsc3)n2)CC1c1ccc(Cl)cc1Cl. The standard InChI is InChI=1S/C18H16Cl2N4S/c19-12-1-2-13(15(20)7-12)14-8-24(9-16(14)21)18-22-5-3-17(23-18)11-4-6-25-10-11/h1-7,10,14,16H,8-9,21H2. The lowest BCUT2D eigenvalue weighted by atomic mass is 9.95. The molecule has 4 rings (SSSR count). The van der Waals surface area contributed by atoms with Gasteiger partial charge in [-0.25, -0.2) is 9.97 Å². The molecule has 1 aromatic carbocycles. The van der Waals surface area contributed by atoms with Crippen LogP contribution in [0.3, 0.4) is 0 Å². The lowest BCUT2D eigenvalue weighted by molar-refractivity contribution is 0.653. The van der Waals surface area contributed by atoms with E-state index in [9.17, 15) is 0 Å². The fourth-order valence-corrected chi connectivity index (χ4v) is 4.39. The summed E-state index contributed by atoms with van der Waals surface area (Å²) in [6.07, 6.45) is 1.80. The Morgan fingerprint density at radius 2 is 2.04 bits per heavy atom. The number of hydrogen-bond donors (Lipinski definition) is 1. The number of halogens is 2. The average Bonchev–Trinajstić information content (AvgIpc) is 3.25. The van der Waals surface area contributed by atoms with Crippen molar-refractivity contribution in [1.82, 2.24) is 9.97 Å². The Labute approximate surface area is 160 Å². The summed E-state index contributed by atoms with van der Waals surface area (Å²) < 4.78 is 0. The van der Waals surface area contributed by atoms with Crippen LogP contribution in [0.25, 0.3) is 11.3 Å². The summed E-state index contributed by atoms with van der Waals surface area (Å²) in [5.74, 6) is 0.824. The van der Waals surface area contributed by atoms with Crippen LogP contribution in [0.1, 0.15) is 11.5 Å². The van der Waals surface area contributed by atoms with E-state index >= 15 is 0 Å². The topological polar surface area (TPSA) is 55.0 Å². The van der Waals surface area contributed by atoms with Crippen molar-refractivity contribution in [2.24, 2.45) is 5.73 Å². The Hall–Kier alpha value is -1.66. The fraction of sp³-hybridized carbons (Fsp3) is 0.222. The number of anilines is 1. The molecule has 7 heteroatoms. The van der Waals surface area contributed by atoms with Gasteiger partial charge in [0.05, 0.1) is 5.69 Å². The van der Waals surface area contributed by atoms with Gasteiger partial charge in [-0.15, -0.1) is 0 Å². The van der Waals surface area contributed by atoms with E-state index in [-0.39, 0.29) is 12.0 Å². The molecule has 3 aromatic rings. The van der Waals surface area contributed by atoms with Crippen LogP contribution in [-0.4, -0.2) is 29.1 Å². The largest absolute Gasteiger partial charge is 0.339 e. The molecule has 2 atom stereocenters. The zero-order valence-electron chi connectivity index (χ0n) is 13.3. The Bertz CT molecular complexity index is 885. The molecular weight excluding hydrogens is 375 g/mol. The maximum atomic E-state index is 6.39. The predicted octanol–water partition coefficient (Wildman–Crippen LogP) is 4.44. The summed E-state index contributed by atoms with van der Waals surface area (Å²) in [6.45, 7) is 1.42. The first kappa shape index (κ1) is 16.8. The van der Waals surface area contributed by atoms with Crippen LogP contribution in [0.15, 0.2) is 47.3 Å². The Kier molecular flexibility index (Phi) is 4.65. The van der Waals surface area contributed by atoms with Crippen molar-refractivity contribution in [2.75, 3.05) is 18.0 Å². The van der Waals surface area contributed by atoms with E-state index in [1.54, 1.807) is 23.6 Å². The van der Waals surface area contributed by atoms with Crippen molar-refractivity contribution in [3.05, 3.63) is 62.9 Å². The minimum atomic E-state index is -0.0351. The highest BCUT2D eigenvalue weighted by molar-refractivity contribution is 7.08. The first-order chi connectivity index (χ1) is 12.1. The van der Waals surface area contributed by atoms with Gasteiger partial charge in [0.2, 0.25) is 5.95 Å². The molecule has 128 valence electrons. The van der Waals surface area contributed by atoms with Crippen LogP contribution in [0.4, 0.5) is 5.95 Å². The maximum absolute atomic E-state index is 6.39. The van der Waals surface area contributed by atoms with E-state index in [1.807, 2.05) is 23.6 Å². The third-order valence-corrected chi connectivity index (χ3v) is 5.72. The van der Waals surface area contributed by atoms with Gasteiger partial charge in [-0.3, -0.25) is 0 Å². The minimum absolute atomic E-state index is 0.0351. The maximum Gasteiger partial charge on any atom is 0.225 e. The summed E-state index contributed by atoms with van der Waals surface area (Å²) in [7, 11) is 0. The Morgan fingerprint density at radius 3 is 2.80 bits per heavy atom. The number of rotatable bonds is 3. The van der Waals surface area contributed by atoms with Crippen LogP contribution >= 0.6 is 34.5 Å². The lowest BCUT2D eigenvalue weighted by Crippen LogP contribution is -2.29. The van der Waals surface area contributed by atoms with Crippen molar-refractivity contribution < 1.29 is 0 Å². The van der Waals surface area contributed by atoms with Gasteiger partial charge in [0.25, 0.3) is 0 Å². The molecule has 0 bridgehead atoms. The molecule has 2 unspecified atom stereocenters. The zero-order chi connectivity index (χ0) is 17.4. The smallest absolute Gasteiger partial charge is 0.225 e. The van der Waals surface area contributed by atoms with Gasteiger partial charge in [0.15, 0.2) is 0 Å². The minimum Gasteiger partial charge on any atom is -0.339 e. The zero-order valence-corrected chi connectivity index (χ0v) is 15.6. The van der Waals surface area contributed by atoms with Gasteiger partial charge in [0, 0.05) is 52.2 Å². The van der Waals surface area contributed by atoms with Gasteiger partial charge in [0.1, 0.15) is 0 Å². The van der Waals surface area contributed by atoms with Crippen LogP contribution in [0.5, 0.6) is 0 Å². The van der Waals surface area contributed by atoms with E-state index in [0.717, 1.165) is 23.4 Å². The highest BCUT2D eigenvalue weighted by Crippen LogP contribution is 2.34. The molecule has 0 spiro atoms. The van der Waals surface area contributed by atoms with Crippen LogP contribution < -0.4 is 10.6 Å². The molecule has 1 saturated heterocycles. The molecule has 1 aliphatic rings. The van der Waals surface area contributed by atoms with Crippen molar-refractivity contribution in [1.29, 1.82) is 0 Å². The number of benzene rings is 1. The molecule has 1 fully saturated rings. The first-order valence-corrected chi connectivity index (χ1v) is 9.63. The molecule has 4 nitrogen and oxygen atoms in total. The van der Waals surface area contributed by atoms with E-state index in [4.69, 9.17) is 33.9 Å². The second kappa shape index (κ2) is 6.92. The average molecular weight is 391 g/mol. The van der Waals surface area contributed by atoms with Crippen LogP contribution in [-0.2, 0) is 0 Å². The van der Waals surface area contributed by atoms with Crippen LogP contribution in [0, 0.1) is 0 Å². The van der Waals surface area contributed by atoms with Crippen molar-refractivity contribution in [2.45, 2.75) is 12.0 Å². The highest BCUT2D eigenvalue weighted by Gasteiger charge is 2.34. The third-order valence-electron chi connectivity index (χ3n) is 4.47. The first-order valence-electron chi connectivity index (χ1n) is 7.93. The van der Waals surface area contributed by atoms with Gasteiger partial charge < -0.3 is 10.6 Å². The van der Waals surface area contributed by atoms with Gasteiger partial charge >= 0.3 is 0 Å². The van der Waals surface area contributed by atoms with Gasteiger partial charge in [-0.2, -0.15) is 11.3 Å². The number of hydrogen-bond acceptors (Lipinski definition) is 5. The van der Waals surface area contributed by atoms with Gasteiger partial charge in [-0.05, 0) is 35.2 Å². The molecule has 0 amide bonds. The second-order valence-corrected chi connectivity index (χ2v) is 7.72. The summed E-state index contributed by atoms with van der Waals surface area (Å²) in [6, 6.07) is 9.53. The van der Waals surface area contributed by atoms with Crippen molar-refractivity contribution in [3.63, 3.8) is 0 Å². The molecule has 3 heterocycles. The molecule has 0 saturated carbocycles. The monoisotopic (exact) mass is 390 g/mol. The molecule has 1 aliphatic heterocycles. The quantitative estimate of drug-likeness (QED) is 0.717. The Balaban J connectivity index is 1.60. The predicted molar refractivity (Wildman–Crippen MR) is 105 cm³/mol. The van der Waals surface area contributed by atoms with E-state index in [2.05, 4.69) is 21.3 Å². The van der Waals surface area contributed by atoms with Crippen molar-refractivity contribution >= 4 is 40.5 Å². The summed E-state index contributed by atoms with van der Waals surface area (Å²) in [5, 5.41) is 5.41. The molecule has 0 aliphatic carbocycles. The van der Waals surface area contributed by atoms with E-state index < -0.39 is 0 Å². The normalized spacial score (nSPS) is 20.2. The molecule has 2 N–H and O–H groups in total. The molecule has 0 radical (unpaired) electrons. The van der Waals surface area contributed by atoms with E-state index in [1.165, 1.54) is 0 Å². The Morgan fingerprint density at radius 1 is 1.16 bits per heavy atom. The van der Waals surface area contributed by atoms with Crippen LogP contribution in [0.2, 0.25) is 10.0 Å². The molecule has 25 heavy (non-hydrogen) atoms. The summed E-state index contributed by atoms with van der Waals surface area (Å²) >= 11 is 14.0. The third kappa shape index (κ3) is 3.37. The summed E-state index contributed by atoms with van der Waals surface area (Å²) in [5.41, 5.74) is 9.44. The molecular formula is C18H16Cl2N4S. The van der Waals surface area contributed by atoms with Gasteiger partial charge in [-0.1, -0.05) is 29.3 Å². The fourth-order valence-electron chi connectivity index (χ4n) is 3.20. The molecule has 2 aromatic heterocycles. The number of aromatic nitrogens is 2. The lowest BCUT2D eigenvalue weighted by Gasteiger charge is -2.17. The number of nitrogens with zero attached hydrogens (tertiary/aromatic N) is 3. The van der Waals surface area contributed by atoms with E-state index in [0.29, 0.717) is 22.5 Å². The second-order valence-electron chi connectivity index (χ2n) is 6.10. The highest BCUT2D eigenvalue weighted by atomic mass is 35.5. The summed E-state index contributed by atoms with van der Waals surface area (Å²) in [4.78, 5) is 11.3. The van der Waals surface area contributed by atoms with Crippen molar-refractivity contribution in [3.8, 4) is 11.3 Å². The number of thiophene rings is 1.